The molecule has 1 N–H and O–H groups in total. The maximum absolute atomic E-state index is 12.0. The molecule has 3 rings (SSSR count). The average Bonchev–Trinajstić information content (AvgIpc) is 2.96. The van der Waals surface area contributed by atoms with Crippen LogP contribution in [0.1, 0.15) is 28.1 Å². The summed E-state index contributed by atoms with van der Waals surface area (Å²) in [6, 6.07) is 20.6. The highest BCUT2D eigenvalue weighted by Crippen LogP contribution is 2.20. The van der Waals surface area contributed by atoms with E-state index in [-0.39, 0.29) is 5.91 Å². The van der Waals surface area contributed by atoms with Gasteiger partial charge in [0.1, 0.15) is 0 Å². The number of aryl methyl sites for hydroxylation is 2. The maximum Gasteiger partial charge on any atom is 0.250 e. The third-order valence-corrected chi connectivity index (χ3v) is 5.47. The van der Waals surface area contributed by atoms with Crippen molar-refractivity contribution < 1.29 is 4.79 Å². The number of thioether (sulfide) groups is 1. The van der Waals surface area contributed by atoms with E-state index >= 15 is 0 Å². The lowest BCUT2D eigenvalue weighted by Crippen LogP contribution is -2.19. The van der Waals surface area contributed by atoms with Crippen LogP contribution in [0.5, 0.6) is 0 Å². The first-order chi connectivity index (χ1) is 13.5. The summed E-state index contributed by atoms with van der Waals surface area (Å²) in [5.41, 5.74) is 9.42. The minimum atomic E-state index is -0.0929. The van der Waals surface area contributed by atoms with Crippen molar-refractivity contribution >= 4 is 23.9 Å². The molecule has 0 aliphatic heterocycles. The van der Waals surface area contributed by atoms with Crippen LogP contribution in [0.25, 0.3) is 5.69 Å². The number of amides is 1. The van der Waals surface area contributed by atoms with Gasteiger partial charge in [-0.3, -0.25) is 4.79 Å². The minimum Gasteiger partial charge on any atom is -0.318 e. The zero-order chi connectivity index (χ0) is 19.9. The number of carbonyl (C=O) groups is 1. The zero-order valence-corrected chi connectivity index (χ0v) is 17.3. The zero-order valence-electron chi connectivity index (χ0n) is 16.5. The van der Waals surface area contributed by atoms with E-state index in [0.717, 1.165) is 28.4 Å². The van der Waals surface area contributed by atoms with E-state index < -0.39 is 0 Å². The van der Waals surface area contributed by atoms with Crippen LogP contribution in [-0.4, -0.2) is 22.4 Å². The van der Waals surface area contributed by atoms with Crippen molar-refractivity contribution in [1.82, 2.24) is 9.99 Å². The third kappa shape index (κ3) is 5.14. The minimum absolute atomic E-state index is 0.0929. The molecule has 0 atom stereocenters. The molecule has 1 amide bonds. The van der Waals surface area contributed by atoms with Gasteiger partial charge in [-0.05, 0) is 50.1 Å². The standard InChI is InChI=1S/C23H25N3OS/c1-17-8-7-11-22(12-17)26-18(2)13-21(19(26)3)14-24-25-23(27)16-28-15-20-9-5-4-6-10-20/h4-14H,15-16H2,1-3H3,(H,25,27)/b24-14-. The first kappa shape index (κ1) is 20.0. The van der Waals surface area contributed by atoms with Gasteiger partial charge in [0.15, 0.2) is 0 Å². The fourth-order valence-corrected chi connectivity index (χ4v) is 3.90. The summed E-state index contributed by atoms with van der Waals surface area (Å²) in [5.74, 6) is 1.11. The molecule has 0 unspecified atom stereocenters. The number of hydrazone groups is 1. The number of nitrogens with one attached hydrogen (secondary N) is 1. The predicted octanol–water partition coefficient (Wildman–Crippen LogP) is 4.79. The molecule has 28 heavy (non-hydrogen) atoms. The van der Waals surface area contributed by atoms with Crippen LogP contribution in [0, 0.1) is 20.8 Å². The molecule has 0 aliphatic rings. The Hall–Kier alpha value is -2.79. The number of aromatic nitrogens is 1. The molecule has 144 valence electrons. The quantitative estimate of drug-likeness (QED) is 0.465. The lowest BCUT2D eigenvalue weighted by Gasteiger charge is -2.10. The molecular weight excluding hydrogens is 366 g/mol. The monoisotopic (exact) mass is 391 g/mol. The third-order valence-electron chi connectivity index (χ3n) is 4.47. The van der Waals surface area contributed by atoms with E-state index in [4.69, 9.17) is 0 Å². The highest BCUT2D eigenvalue weighted by Gasteiger charge is 2.09. The van der Waals surface area contributed by atoms with Gasteiger partial charge in [0.05, 0.1) is 12.0 Å². The molecule has 0 aliphatic carbocycles. The molecule has 3 aromatic rings. The van der Waals surface area contributed by atoms with E-state index in [2.05, 4.69) is 78.3 Å². The van der Waals surface area contributed by atoms with Crippen molar-refractivity contribution in [3.63, 3.8) is 0 Å². The van der Waals surface area contributed by atoms with Crippen molar-refractivity contribution in [2.24, 2.45) is 5.10 Å². The van der Waals surface area contributed by atoms with Crippen molar-refractivity contribution in [2.75, 3.05) is 5.75 Å². The summed E-state index contributed by atoms with van der Waals surface area (Å²) < 4.78 is 2.20. The number of nitrogens with zero attached hydrogens (tertiary/aromatic N) is 2. The molecule has 0 bridgehead atoms. The van der Waals surface area contributed by atoms with Crippen molar-refractivity contribution in [1.29, 1.82) is 0 Å². The fourth-order valence-electron chi connectivity index (χ4n) is 3.12. The second kappa shape index (κ2) is 9.42. The van der Waals surface area contributed by atoms with Crippen LogP contribution in [0.15, 0.2) is 65.8 Å². The lowest BCUT2D eigenvalue weighted by molar-refractivity contribution is -0.118. The van der Waals surface area contributed by atoms with Gasteiger partial charge in [-0.2, -0.15) is 5.10 Å². The van der Waals surface area contributed by atoms with Gasteiger partial charge in [-0.15, -0.1) is 11.8 Å². The van der Waals surface area contributed by atoms with Gasteiger partial charge in [0.25, 0.3) is 0 Å². The maximum atomic E-state index is 12.0. The Kier molecular flexibility index (Phi) is 6.71. The molecular formula is C23H25N3OS. The molecule has 0 radical (unpaired) electrons. The van der Waals surface area contributed by atoms with Crippen LogP contribution in [-0.2, 0) is 10.5 Å². The second-order valence-corrected chi connectivity index (χ2v) is 7.76. The smallest absolute Gasteiger partial charge is 0.250 e. The Morgan fingerprint density at radius 2 is 1.86 bits per heavy atom. The predicted molar refractivity (Wildman–Crippen MR) is 118 cm³/mol. The molecule has 1 heterocycles. The van der Waals surface area contributed by atoms with E-state index in [9.17, 15) is 4.79 Å². The summed E-state index contributed by atoms with van der Waals surface area (Å²) in [6.07, 6.45) is 1.72. The summed E-state index contributed by atoms with van der Waals surface area (Å²) >= 11 is 1.58. The first-order valence-electron chi connectivity index (χ1n) is 9.24. The molecule has 0 fully saturated rings. The van der Waals surface area contributed by atoms with Crippen LogP contribution in [0.2, 0.25) is 0 Å². The molecule has 5 heteroatoms. The summed E-state index contributed by atoms with van der Waals surface area (Å²) in [7, 11) is 0. The van der Waals surface area contributed by atoms with Crippen molar-refractivity contribution in [3.8, 4) is 5.69 Å². The first-order valence-corrected chi connectivity index (χ1v) is 10.4. The van der Waals surface area contributed by atoms with Crippen LogP contribution < -0.4 is 5.43 Å². The Balaban J connectivity index is 1.57. The Labute approximate surface area is 170 Å². The van der Waals surface area contributed by atoms with Crippen LogP contribution in [0.4, 0.5) is 0 Å². The van der Waals surface area contributed by atoms with Gasteiger partial charge < -0.3 is 4.57 Å². The van der Waals surface area contributed by atoms with Gasteiger partial charge in [-0.1, -0.05) is 42.5 Å². The Morgan fingerprint density at radius 1 is 1.07 bits per heavy atom. The van der Waals surface area contributed by atoms with Gasteiger partial charge >= 0.3 is 0 Å². The molecule has 0 spiro atoms. The average molecular weight is 392 g/mol. The van der Waals surface area contributed by atoms with E-state index in [0.29, 0.717) is 5.75 Å². The van der Waals surface area contributed by atoms with E-state index in [1.54, 1.807) is 18.0 Å². The molecule has 4 nitrogen and oxygen atoms in total. The highest BCUT2D eigenvalue weighted by atomic mass is 32.2. The summed E-state index contributed by atoms with van der Waals surface area (Å²) in [5, 5.41) is 4.14. The lowest BCUT2D eigenvalue weighted by atomic mass is 10.2. The SMILES string of the molecule is Cc1cccc(-n2c(C)cc(/C=N\NC(=O)CSCc3ccccc3)c2C)c1. The molecule has 0 saturated heterocycles. The number of benzene rings is 2. The van der Waals surface area contributed by atoms with Crippen molar-refractivity contribution in [3.05, 3.63) is 88.7 Å². The summed E-state index contributed by atoms with van der Waals surface area (Å²) in [6.45, 7) is 6.23. The topological polar surface area (TPSA) is 46.4 Å². The Bertz CT molecular complexity index is 977. The normalized spacial score (nSPS) is 11.1. The fraction of sp³-hybridized carbons (Fsp3) is 0.217. The van der Waals surface area contributed by atoms with E-state index in [1.165, 1.54) is 11.1 Å². The van der Waals surface area contributed by atoms with Crippen LogP contribution in [0.3, 0.4) is 0 Å². The van der Waals surface area contributed by atoms with Gasteiger partial charge in [0, 0.05) is 28.4 Å². The molecule has 2 aromatic carbocycles. The van der Waals surface area contributed by atoms with Crippen LogP contribution >= 0.6 is 11.8 Å². The summed E-state index contributed by atoms with van der Waals surface area (Å²) in [4.78, 5) is 12.0. The number of rotatable bonds is 7. The number of hydrogen-bond acceptors (Lipinski definition) is 3. The highest BCUT2D eigenvalue weighted by molar-refractivity contribution is 7.99. The number of hydrogen-bond donors (Lipinski definition) is 1. The molecule has 1 aromatic heterocycles. The van der Waals surface area contributed by atoms with Gasteiger partial charge in [-0.25, -0.2) is 5.43 Å². The number of carbonyl (C=O) groups excluding carboxylic acids is 1. The second-order valence-electron chi connectivity index (χ2n) is 6.77. The molecule has 0 saturated carbocycles. The largest absolute Gasteiger partial charge is 0.318 e. The van der Waals surface area contributed by atoms with E-state index in [1.807, 2.05) is 18.2 Å². The Morgan fingerprint density at radius 3 is 2.61 bits per heavy atom. The van der Waals surface area contributed by atoms with Crippen molar-refractivity contribution in [2.45, 2.75) is 26.5 Å². The van der Waals surface area contributed by atoms with Gasteiger partial charge in [0.2, 0.25) is 5.91 Å².